The number of nitro benzene ring substituents is 1. The molecule has 1 aromatic heterocycles. The summed E-state index contributed by atoms with van der Waals surface area (Å²) in [6, 6.07) is 5.28. The highest BCUT2D eigenvalue weighted by atomic mass is 35.5. The lowest BCUT2D eigenvalue weighted by Gasteiger charge is -2.37. The molecule has 10 heteroatoms. The Morgan fingerprint density at radius 2 is 1.55 bits per heavy atom. The van der Waals surface area contributed by atoms with Crippen molar-refractivity contribution in [2.24, 2.45) is 0 Å². The molecular weight excluding hydrogens is 396 g/mol. The molecule has 0 atom stereocenters. The first-order chi connectivity index (χ1) is 14.0. The minimum absolute atomic E-state index is 0.0500. The zero-order chi connectivity index (χ0) is 20.4. The zero-order valence-corrected chi connectivity index (χ0v) is 17.0. The second kappa shape index (κ2) is 8.38. The third-order valence-electron chi connectivity index (χ3n) is 5.38. The summed E-state index contributed by atoms with van der Waals surface area (Å²) in [5.74, 6) is 1.84. The lowest BCUT2D eigenvalue weighted by Crippen LogP contribution is -2.47. The second-order valence-corrected chi connectivity index (χ2v) is 7.56. The number of morpholine rings is 1. The summed E-state index contributed by atoms with van der Waals surface area (Å²) in [7, 11) is 0. The number of benzene rings is 1. The average Bonchev–Trinajstić information content (AvgIpc) is 2.76. The Kier molecular flexibility index (Phi) is 5.68. The van der Waals surface area contributed by atoms with Gasteiger partial charge in [0.1, 0.15) is 18.0 Å². The monoisotopic (exact) mass is 418 g/mol. The van der Waals surface area contributed by atoms with Gasteiger partial charge in [-0.3, -0.25) is 10.1 Å². The van der Waals surface area contributed by atoms with Crippen LogP contribution in [0.5, 0.6) is 0 Å². The van der Waals surface area contributed by atoms with E-state index in [2.05, 4.69) is 24.7 Å². The Balaban J connectivity index is 1.45. The Bertz CT molecular complexity index is 898. The molecular formula is C19H23ClN6O3. The molecule has 154 valence electrons. The topological polar surface area (TPSA) is 87.9 Å². The highest BCUT2D eigenvalue weighted by molar-refractivity contribution is 6.33. The molecule has 3 heterocycles. The van der Waals surface area contributed by atoms with Gasteiger partial charge in [0.15, 0.2) is 0 Å². The van der Waals surface area contributed by atoms with Crippen LogP contribution in [0.4, 0.5) is 23.0 Å². The summed E-state index contributed by atoms with van der Waals surface area (Å²) in [5, 5.41) is 11.5. The molecule has 0 spiro atoms. The van der Waals surface area contributed by atoms with Crippen LogP contribution < -0.4 is 14.7 Å². The van der Waals surface area contributed by atoms with E-state index in [1.165, 1.54) is 6.07 Å². The predicted octanol–water partition coefficient (Wildman–Crippen LogP) is 2.51. The highest BCUT2D eigenvalue weighted by Crippen LogP contribution is 2.33. The van der Waals surface area contributed by atoms with E-state index >= 15 is 0 Å². The number of nitro groups is 1. The standard InChI is InChI=1S/C19H23ClN6O3/c1-14-10-17(15(20)11-16(14)26(27)28)23-2-4-24(5-3-23)18-12-19(22-13-21-18)25-6-8-29-9-7-25/h10-13H,2-9H2,1H3. The highest BCUT2D eigenvalue weighted by Gasteiger charge is 2.23. The number of ether oxygens (including phenoxy) is 1. The predicted molar refractivity (Wildman–Crippen MR) is 112 cm³/mol. The number of nitrogens with zero attached hydrogens (tertiary/aromatic N) is 6. The van der Waals surface area contributed by atoms with Crippen LogP contribution in [0.15, 0.2) is 24.5 Å². The Morgan fingerprint density at radius 1 is 0.966 bits per heavy atom. The van der Waals surface area contributed by atoms with Gasteiger partial charge in [0, 0.05) is 57.0 Å². The SMILES string of the molecule is Cc1cc(N2CCN(c3cc(N4CCOCC4)ncn3)CC2)c(Cl)cc1[N+](=O)[O-]. The van der Waals surface area contributed by atoms with Gasteiger partial charge in [-0.15, -0.1) is 0 Å². The molecule has 2 saturated heterocycles. The van der Waals surface area contributed by atoms with Gasteiger partial charge in [0.2, 0.25) is 0 Å². The summed E-state index contributed by atoms with van der Waals surface area (Å²) in [5.41, 5.74) is 1.50. The van der Waals surface area contributed by atoms with Gasteiger partial charge >= 0.3 is 0 Å². The van der Waals surface area contributed by atoms with Crippen molar-refractivity contribution in [1.29, 1.82) is 0 Å². The zero-order valence-electron chi connectivity index (χ0n) is 16.3. The Hall–Kier alpha value is -2.65. The molecule has 9 nitrogen and oxygen atoms in total. The molecule has 0 N–H and O–H groups in total. The number of rotatable bonds is 4. The molecule has 2 aliphatic heterocycles. The van der Waals surface area contributed by atoms with Crippen molar-refractivity contribution in [3.63, 3.8) is 0 Å². The third-order valence-corrected chi connectivity index (χ3v) is 5.68. The molecule has 2 aromatic rings. The van der Waals surface area contributed by atoms with Gasteiger partial charge < -0.3 is 19.4 Å². The number of piperazine rings is 1. The average molecular weight is 419 g/mol. The van der Waals surface area contributed by atoms with Crippen molar-refractivity contribution in [3.05, 3.63) is 45.2 Å². The second-order valence-electron chi connectivity index (χ2n) is 7.16. The summed E-state index contributed by atoms with van der Waals surface area (Å²) in [4.78, 5) is 26.2. The number of aromatic nitrogens is 2. The number of aryl methyl sites for hydroxylation is 1. The molecule has 0 amide bonds. The number of anilines is 3. The normalized spacial score (nSPS) is 17.5. The van der Waals surface area contributed by atoms with Crippen LogP contribution in [-0.4, -0.2) is 67.4 Å². The quantitative estimate of drug-likeness (QED) is 0.552. The third kappa shape index (κ3) is 4.20. The maximum absolute atomic E-state index is 11.1. The maximum Gasteiger partial charge on any atom is 0.273 e. The maximum atomic E-state index is 11.1. The van der Waals surface area contributed by atoms with Crippen molar-refractivity contribution in [2.45, 2.75) is 6.92 Å². The smallest absolute Gasteiger partial charge is 0.273 e. The van der Waals surface area contributed by atoms with E-state index in [1.54, 1.807) is 19.3 Å². The van der Waals surface area contributed by atoms with Gasteiger partial charge in [0.25, 0.3) is 5.69 Å². The first kappa shape index (κ1) is 19.7. The Morgan fingerprint density at radius 3 is 2.17 bits per heavy atom. The molecule has 2 fully saturated rings. The number of halogens is 1. The molecule has 1 aromatic carbocycles. The van der Waals surface area contributed by atoms with E-state index in [0.717, 1.165) is 56.6 Å². The first-order valence-corrected chi connectivity index (χ1v) is 10.00. The van der Waals surface area contributed by atoms with Gasteiger partial charge in [-0.2, -0.15) is 0 Å². The van der Waals surface area contributed by atoms with Crippen LogP contribution in [0.3, 0.4) is 0 Å². The van der Waals surface area contributed by atoms with Gasteiger partial charge in [0.05, 0.1) is 28.8 Å². The summed E-state index contributed by atoms with van der Waals surface area (Å²) >= 11 is 6.34. The van der Waals surface area contributed by atoms with E-state index in [4.69, 9.17) is 16.3 Å². The van der Waals surface area contributed by atoms with Gasteiger partial charge in [-0.05, 0) is 13.0 Å². The van der Waals surface area contributed by atoms with Gasteiger partial charge in [-0.25, -0.2) is 9.97 Å². The van der Waals surface area contributed by atoms with E-state index in [0.29, 0.717) is 23.8 Å². The largest absolute Gasteiger partial charge is 0.378 e. The van der Waals surface area contributed by atoms with Crippen LogP contribution >= 0.6 is 11.6 Å². The summed E-state index contributed by atoms with van der Waals surface area (Å²) in [6.07, 6.45) is 1.61. The number of hydrogen-bond acceptors (Lipinski definition) is 8. The van der Waals surface area contributed by atoms with Crippen molar-refractivity contribution >= 4 is 34.6 Å². The molecule has 0 bridgehead atoms. The lowest BCUT2D eigenvalue weighted by atomic mass is 10.1. The van der Waals surface area contributed by atoms with Crippen molar-refractivity contribution < 1.29 is 9.66 Å². The van der Waals surface area contributed by atoms with Crippen LogP contribution in [0.2, 0.25) is 5.02 Å². The van der Waals surface area contributed by atoms with Crippen LogP contribution in [0.1, 0.15) is 5.56 Å². The van der Waals surface area contributed by atoms with Crippen LogP contribution in [0, 0.1) is 17.0 Å². The minimum Gasteiger partial charge on any atom is -0.378 e. The van der Waals surface area contributed by atoms with Crippen molar-refractivity contribution in [3.8, 4) is 0 Å². The first-order valence-electron chi connectivity index (χ1n) is 9.62. The van der Waals surface area contributed by atoms with Crippen molar-refractivity contribution in [2.75, 3.05) is 67.2 Å². The van der Waals surface area contributed by atoms with E-state index in [9.17, 15) is 10.1 Å². The molecule has 0 saturated carbocycles. The van der Waals surface area contributed by atoms with Crippen molar-refractivity contribution in [1.82, 2.24) is 9.97 Å². The Labute approximate surface area is 174 Å². The minimum atomic E-state index is -0.399. The molecule has 0 aliphatic carbocycles. The van der Waals surface area contributed by atoms with E-state index < -0.39 is 4.92 Å². The summed E-state index contributed by atoms with van der Waals surface area (Å²) in [6.45, 7) is 7.92. The molecule has 4 rings (SSSR count). The van der Waals surface area contributed by atoms with E-state index in [1.807, 2.05) is 6.07 Å². The molecule has 0 unspecified atom stereocenters. The molecule has 29 heavy (non-hydrogen) atoms. The van der Waals surface area contributed by atoms with Crippen LogP contribution in [0.25, 0.3) is 0 Å². The number of hydrogen-bond donors (Lipinski definition) is 0. The lowest BCUT2D eigenvalue weighted by molar-refractivity contribution is -0.385. The van der Waals surface area contributed by atoms with Crippen LogP contribution in [-0.2, 0) is 4.74 Å². The summed E-state index contributed by atoms with van der Waals surface area (Å²) < 4.78 is 5.41. The van der Waals surface area contributed by atoms with Gasteiger partial charge in [-0.1, -0.05) is 11.6 Å². The fourth-order valence-corrected chi connectivity index (χ4v) is 4.02. The molecule has 2 aliphatic rings. The fraction of sp³-hybridized carbons (Fsp3) is 0.474. The molecule has 0 radical (unpaired) electrons. The van der Waals surface area contributed by atoms with E-state index in [-0.39, 0.29) is 5.69 Å². The fourth-order valence-electron chi connectivity index (χ4n) is 3.75.